The Morgan fingerprint density at radius 1 is 0.939 bits per heavy atom. The van der Waals surface area contributed by atoms with Crippen molar-refractivity contribution in [2.24, 2.45) is 0 Å². The summed E-state index contributed by atoms with van der Waals surface area (Å²) in [6.07, 6.45) is -3.28. The highest BCUT2D eigenvalue weighted by molar-refractivity contribution is 7.92. The van der Waals surface area contributed by atoms with E-state index < -0.39 is 33.5 Å². The Morgan fingerprint density at radius 3 is 2.24 bits per heavy atom. The second kappa shape index (κ2) is 8.51. The normalized spacial score (nSPS) is 14.0. The average molecular weight is 478 g/mol. The zero-order valence-corrected chi connectivity index (χ0v) is 17.9. The van der Waals surface area contributed by atoms with Crippen LogP contribution in [-0.4, -0.2) is 20.9 Å². The number of alkyl halides is 3. The largest absolute Gasteiger partial charge is 0.416 e. The van der Waals surface area contributed by atoms with Gasteiger partial charge in [0.15, 0.2) is 0 Å². The van der Waals surface area contributed by atoms with Crippen LogP contribution in [-0.2, 0) is 22.6 Å². The highest BCUT2D eigenvalue weighted by Crippen LogP contribution is 2.34. The zero-order chi connectivity index (χ0) is 23.8. The van der Waals surface area contributed by atoms with Crippen LogP contribution in [0.2, 0.25) is 0 Å². The van der Waals surface area contributed by atoms with Crippen molar-refractivity contribution in [3.8, 4) is 0 Å². The molecular weight excluding hydrogens is 460 g/mol. The summed E-state index contributed by atoms with van der Waals surface area (Å²) in [5.74, 6) is -1.19. The fourth-order valence-electron chi connectivity index (χ4n) is 3.62. The van der Waals surface area contributed by atoms with Crippen LogP contribution < -0.4 is 9.62 Å². The summed E-state index contributed by atoms with van der Waals surface area (Å²) in [6, 6.07) is 13.1. The number of hydrogen-bond donors (Lipinski definition) is 1. The molecule has 1 aliphatic heterocycles. The van der Waals surface area contributed by atoms with Crippen molar-refractivity contribution in [1.82, 2.24) is 0 Å². The number of aryl methyl sites for hydroxylation is 1. The minimum Gasteiger partial charge on any atom is -0.322 e. The van der Waals surface area contributed by atoms with Gasteiger partial charge in [0.05, 0.1) is 16.1 Å². The van der Waals surface area contributed by atoms with Crippen LogP contribution in [0.5, 0.6) is 0 Å². The first-order valence-corrected chi connectivity index (χ1v) is 11.4. The van der Waals surface area contributed by atoms with Crippen molar-refractivity contribution in [1.29, 1.82) is 0 Å². The fourth-order valence-corrected chi connectivity index (χ4v) is 5.15. The van der Waals surface area contributed by atoms with Gasteiger partial charge in [-0.1, -0.05) is 6.07 Å². The van der Waals surface area contributed by atoms with E-state index in [2.05, 4.69) is 5.32 Å². The lowest BCUT2D eigenvalue weighted by Crippen LogP contribution is -2.35. The molecule has 0 aliphatic carbocycles. The molecule has 3 aromatic rings. The Bertz CT molecular complexity index is 1290. The van der Waals surface area contributed by atoms with E-state index in [0.717, 1.165) is 42.0 Å². The molecule has 0 unspecified atom stereocenters. The number of nitrogens with one attached hydrogen (secondary N) is 1. The van der Waals surface area contributed by atoms with Gasteiger partial charge in [0.2, 0.25) is 0 Å². The minimum absolute atomic E-state index is 0.0245. The molecule has 0 radical (unpaired) electrons. The molecule has 0 aromatic heterocycles. The Hall–Kier alpha value is -3.40. The van der Waals surface area contributed by atoms with Gasteiger partial charge in [-0.25, -0.2) is 12.8 Å². The highest BCUT2D eigenvalue weighted by atomic mass is 32.2. The van der Waals surface area contributed by atoms with Crippen LogP contribution in [0, 0.1) is 5.82 Å². The maximum Gasteiger partial charge on any atom is 0.416 e. The van der Waals surface area contributed by atoms with E-state index in [4.69, 9.17) is 0 Å². The molecule has 1 aliphatic rings. The second-order valence-electron chi connectivity index (χ2n) is 7.51. The molecule has 4 rings (SSSR count). The fraction of sp³-hybridized carbons (Fsp3) is 0.174. The number of rotatable bonds is 4. The molecular formula is C23H18F4N2O3S. The molecule has 0 bridgehead atoms. The van der Waals surface area contributed by atoms with Gasteiger partial charge < -0.3 is 5.32 Å². The van der Waals surface area contributed by atoms with Gasteiger partial charge >= 0.3 is 6.18 Å². The van der Waals surface area contributed by atoms with E-state index in [-0.39, 0.29) is 17.0 Å². The molecule has 10 heteroatoms. The molecule has 1 heterocycles. The first kappa shape index (κ1) is 22.8. The predicted molar refractivity (Wildman–Crippen MR) is 115 cm³/mol. The van der Waals surface area contributed by atoms with Crippen molar-refractivity contribution < 1.29 is 30.8 Å². The lowest BCUT2D eigenvalue weighted by atomic mass is 10.0. The topological polar surface area (TPSA) is 66.5 Å². The van der Waals surface area contributed by atoms with E-state index >= 15 is 0 Å². The molecule has 0 spiro atoms. The lowest BCUT2D eigenvalue weighted by molar-refractivity contribution is -0.137. The second-order valence-corrected chi connectivity index (χ2v) is 9.37. The molecule has 1 N–H and O–H groups in total. The number of carbonyl (C=O) groups is 1. The van der Waals surface area contributed by atoms with Crippen molar-refractivity contribution in [3.05, 3.63) is 89.2 Å². The lowest BCUT2D eigenvalue weighted by Gasteiger charge is -2.31. The summed E-state index contributed by atoms with van der Waals surface area (Å²) in [5.41, 5.74) is 0.598. The molecule has 0 saturated carbocycles. The number of carbonyl (C=O) groups excluding carboxylic acids is 1. The molecule has 172 valence electrons. The number of benzene rings is 3. The molecule has 33 heavy (non-hydrogen) atoms. The number of fused-ring (bicyclic) bond motifs is 1. The van der Waals surface area contributed by atoms with Gasteiger partial charge in [-0.2, -0.15) is 13.2 Å². The summed E-state index contributed by atoms with van der Waals surface area (Å²) >= 11 is 0. The number of anilines is 2. The third-order valence-corrected chi connectivity index (χ3v) is 7.12. The zero-order valence-electron chi connectivity index (χ0n) is 17.1. The quantitative estimate of drug-likeness (QED) is 0.522. The number of sulfonamides is 1. The number of hydrogen-bond acceptors (Lipinski definition) is 3. The van der Waals surface area contributed by atoms with E-state index in [1.54, 1.807) is 12.1 Å². The van der Waals surface area contributed by atoms with E-state index in [1.807, 2.05) is 0 Å². The van der Waals surface area contributed by atoms with E-state index in [1.165, 1.54) is 22.5 Å². The standard InChI is InChI=1S/C23H18F4N2O3S/c24-18-8-11-20(12-9-18)33(31,32)29-13-1-2-15-5-10-19(14-21(15)29)28-22(30)16-3-6-17(7-4-16)23(25,26)27/h3-12,14H,1-2,13H2,(H,28,30). The van der Waals surface area contributed by atoms with Crippen LogP contribution in [0.1, 0.15) is 27.9 Å². The third-order valence-electron chi connectivity index (χ3n) is 5.30. The minimum atomic E-state index is -4.51. The van der Waals surface area contributed by atoms with Gasteiger partial charge in [0.25, 0.3) is 15.9 Å². The molecule has 3 aromatic carbocycles. The Balaban J connectivity index is 1.60. The smallest absolute Gasteiger partial charge is 0.322 e. The van der Waals surface area contributed by atoms with E-state index in [9.17, 15) is 30.8 Å². The highest BCUT2D eigenvalue weighted by Gasteiger charge is 2.31. The van der Waals surface area contributed by atoms with Crippen molar-refractivity contribution in [3.63, 3.8) is 0 Å². The molecule has 0 saturated heterocycles. The van der Waals surface area contributed by atoms with Crippen LogP contribution >= 0.6 is 0 Å². The molecule has 0 atom stereocenters. The SMILES string of the molecule is O=C(Nc1ccc2c(c1)N(S(=O)(=O)c1ccc(F)cc1)CCC2)c1ccc(C(F)(F)F)cc1. The average Bonchev–Trinajstić information content (AvgIpc) is 2.78. The summed E-state index contributed by atoms with van der Waals surface area (Å²) < 4.78 is 79.0. The van der Waals surface area contributed by atoms with Crippen LogP contribution in [0.25, 0.3) is 0 Å². The summed E-state index contributed by atoms with van der Waals surface area (Å²) in [4.78, 5) is 12.5. The summed E-state index contributed by atoms with van der Waals surface area (Å²) in [5, 5.41) is 2.59. The molecule has 5 nitrogen and oxygen atoms in total. The van der Waals surface area contributed by atoms with Gasteiger partial charge in [0, 0.05) is 17.8 Å². The van der Waals surface area contributed by atoms with E-state index in [0.29, 0.717) is 24.2 Å². The summed E-state index contributed by atoms with van der Waals surface area (Å²) in [6.45, 7) is 0.211. The Morgan fingerprint density at radius 2 is 1.61 bits per heavy atom. The summed E-state index contributed by atoms with van der Waals surface area (Å²) in [7, 11) is -3.96. The maximum absolute atomic E-state index is 13.2. The molecule has 0 fully saturated rings. The number of amides is 1. The Kier molecular flexibility index (Phi) is 5.87. The molecule has 1 amide bonds. The predicted octanol–water partition coefficient (Wildman–Crippen LogP) is 5.24. The van der Waals surface area contributed by atoms with Crippen molar-refractivity contribution in [2.45, 2.75) is 23.9 Å². The van der Waals surface area contributed by atoms with Gasteiger partial charge in [-0.15, -0.1) is 0 Å². The maximum atomic E-state index is 13.2. The monoisotopic (exact) mass is 478 g/mol. The Labute approximate surface area is 187 Å². The first-order chi connectivity index (χ1) is 15.6. The van der Waals surface area contributed by atoms with Crippen molar-refractivity contribution in [2.75, 3.05) is 16.2 Å². The van der Waals surface area contributed by atoms with Gasteiger partial charge in [-0.05, 0) is 79.1 Å². The van der Waals surface area contributed by atoms with Crippen LogP contribution in [0.15, 0.2) is 71.6 Å². The van der Waals surface area contributed by atoms with Crippen LogP contribution in [0.3, 0.4) is 0 Å². The third kappa shape index (κ3) is 4.70. The van der Waals surface area contributed by atoms with Gasteiger partial charge in [-0.3, -0.25) is 9.10 Å². The first-order valence-electron chi connectivity index (χ1n) is 9.95. The van der Waals surface area contributed by atoms with Crippen LogP contribution in [0.4, 0.5) is 28.9 Å². The number of halogens is 4. The van der Waals surface area contributed by atoms with Crippen molar-refractivity contribution >= 4 is 27.3 Å². The number of nitrogens with zero attached hydrogens (tertiary/aromatic N) is 1. The van der Waals surface area contributed by atoms with Gasteiger partial charge in [0.1, 0.15) is 5.82 Å².